The number of hydrogen-bond donors (Lipinski definition) is 0. The number of ether oxygens (including phenoxy) is 1. The minimum Gasteiger partial charge on any atom is -0.377 e. The molecule has 0 aliphatic carbocycles. The standard InChI is InChI=1S/C14H29N3O3P2S/c1-11(2)21-17(22-12(3)4)23(18,19)13-8-9-16(15-13)10-14(5,6)20-7/h8-9,11-12,21-22H,10H2,1-7H3. The number of methoxy groups -OCH3 is 1. The third-order valence-electron chi connectivity index (χ3n) is 2.97. The lowest BCUT2D eigenvalue weighted by atomic mass is 10.1. The summed E-state index contributed by atoms with van der Waals surface area (Å²) < 4.78 is 34.4. The van der Waals surface area contributed by atoms with Gasteiger partial charge in [0.2, 0.25) is 0 Å². The summed E-state index contributed by atoms with van der Waals surface area (Å²) >= 11 is 0. The molecule has 0 aliphatic rings. The Kier molecular flexibility index (Phi) is 7.62. The van der Waals surface area contributed by atoms with E-state index < -0.39 is 15.6 Å². The molecule has 0 bridgehead atoms. The summed E-state index contributed by atoms with van der Waals surface area (Å²) in [7, 11) is -1.45. The van der Waals surface area contributed by atoms with Gasteiger partial charge in [0.05, 0.1) is 12.1 Å². The van der Waals surface area contributed by atoms with E-state index in [1.165, 1.54) is 0 Å². The van der Waals surface area contributed by atoms with Gasteiger partial charge in [-0.3, -0.25) is 4.68 Å². The second-order valence-electron chi connectivity index (χ2n) is 6.65. The highest BCUT2D eigenvalue weighted by molar-refractivity contribution is 7.97. The highest BCUT2D eigenvalue weighted by Gasteiger charge is 2.29. The van der Waals surface area contributed by atoms with Crippen molar-refractivity contribution in [3.8, 4) is 0 Å². The Hall–Kier alpha value is -0.0600. The van der Waals surface area contributed by atoms with Crippen LogP contribution in [0.2, 0.25) is 0 Å². The van der Waals surface area contributed by atoms with E-state index in [-0.39, 0.29) is 22.5 Å². The zero-order valence-corrected chi connectivity index (χ0v) is 17.8. The summed E-state index contributed by atoms with van der Waals surface area (Å²) in [4.78, 5) is 0. The Morgan fingerprint density at radius 1 is 1.26 bits per heavy atom. The first kappa shape index (κ1) is 21.0. The van der Waals surface area contributed by atoms with Crippen molar-refractivity contribution in [2.45, 2.75) is 70.0 Å². The van der Waals surface area contributed by atoms with Gasteiger partial charge >= 0.3 is 0 Å². The van der Waals surface area contributed by atoms with Gasteiger partial charge in [0.25, 0.3) is 10.0 Å². The van der Waals surface area contributed by atoms with Crippen molar-refractivity contribution < 1.29 is 13.2 Å². The molecular formula is C14H29N3O3P2S. The maximum Gasteiger partial charge on any atom is 0.268 e. The molecule has 1 heterocycles. The molecule has 0 saturated carbocycles. The minimum absolute atomic E-state index is 0.116. The lowest BCUT2D eigenvalue weighted by Crippen LogP contribution is -2.29. The summed E-state index contributed by atoms with van der Waals surface area (Å²) in [5.41, 5.74) is 0.197. The molecule has 0 aliphatic heterocycles. The molecule has 0 amide bonds. The fourth-order valence-electron chi connectivity index (χ4n) is 1.76. The molecule has 1 aromatic rings. The zero-order chi connectivity index (χ0) is 17.8. The zero-order valence-electron chi connectivity index (χ0n) is 15.0. The van der Waals surface area contributed by atoms with Crippen molar-refractivity contribution in [1.82, 2.24) is 13.6 Å². The molecule has 0 N–H and O–H groups in total. The van der Waals surface area contributed by atoms with Crippen molar-refractivity contribution in [3.05, 3.63) is 12.3 Å². The number of aromatic nitrogens is 2. The van der Waals surface area contributed by atoms with Crippen LogP contribution in [-0.2, 0) is 21.3 Å². The number of rotatable bonds is 9. The topological polar surface area (TPSA) is 64.4 Å². The van der Waals surface area contributed by atoms with Crippen LogP contribution in [0.1, 0.15) is 41.5 Å². The van der Waals surface area contributed by atoms with E-state index in [0.29, 0.717) is 17.9 Å². The van der Waals surface area contributed by atoms with E-state index in [9.17, 15) is 8.42 Å². The number of sulfonamides is 1. The van der Waals surface area contributed by atoms with E-state index in [2.05, 4.69) is 5.10 Å². The van der Waals surface area contributed by atoms with Gasteiger partial charge in [-0.25, -0.2) is 8.42 Å². The first-order chi connectivity index (χ1) is 10.5. The van der Waals surface area contributed by atoms with Crippen LogP contribution in [0.15, 0.2) is 17.3 Å². The SMILES string of the molecule is COC(C)(C)Cn1ccc(S(=O)(=O)N(PC(C)C)PC(C)C)n1. The molecule has 2 atom stereocenters. The van der Waals surface area contributed by atoms with Gasteiger partial charge in [0.15, 0.2) is 5.03 Å². The fraction of sp³-hybridized carbons (Fsp3) is 0.786. The Labute approximate surface area is 144 Å². The molecule has 0 aromatic carbocycles. The first-order valence-corrected chi connectivity index (χ1v) is 11.1. The van der Waals surface area contributed by atoms with E-state index in [4.69, 9.17) is 4.74 Å². The summed E-state index contributed by atoms with van der Waals surface area (Å²) in [6.45, 7) is 12.5. The van der Waals surface area contributed by atoms with Crippen molar-refractivity contribution >= 4 is 27.5 Å². The second-order valence-corrected chi connectivity index (χ2v) is 13.2. The van der Waals surface area contributed by atoms with Crippen molar-refractivity contribution in [1.29, 1.82) is 0 Å². The highest BCUT2D eigenvalue weighted by Crippen LogP contribution is 2.43. The Morgan fingerprint density at radius 3 is 2.22 bits per heavy atom. The van der Waals surface area contributed by atoms with Crippen LogP contribution in [0.3, 0.4) is 0 Å². The molecular weight excluding hydrogens is 352 g/mol. The molecule has 0 fully saturated rings. The molecule has 6 nitrogen and oxygen atoms in total. The Morgan fingerprint density at radius 2 is 1.78 bits per heavy atom. The maximum absolute atomic E-state index is 12.9. The van der Waals surface area contributed by atoms with Gasteiger partial charge in [-0.05, 0) is 48.7 Å². The molecule has 1 aromatic heterocycles. The number of nitrogens with zero attached hydrogens (tertiary/aromatic N) is 3. The van der Waals surface area contributed by atoms with Crippen LogP contribution in [0.4, 0.5) is 0 Å². The molecule has 23 heavy (non-hydrogen) atoms. The number of hydrogen-bond acceptors (Lipinski definition) is 4. The molecule has 9 heteroatoms. The van der Waals surface area contributed by atoms with Crippen LogP contribution >= 0.6 is 17.5 Å². The first-order valence-electron chi connectivity index (χ1n) is 7.64. The second kappa shape index (κ2) is 8.35. The van der Waals surface area contributed by atoms with Crippen LogP contribution in [0.5, 0.6) is 0 Å². The highest BCUT2D eigenvalue weighted by atomic mass is 32.2. The lowest BCUT2D eigenvalue weighted by molar-refractivity contribution is 0.00515. The van der Waals surface area contributed by atoms with E-state index >= 15 is 0 Å². The molecule has 134 valence electrons. The van der Waals surface area contributed by atoms with E-state index in [1.54, 1.807) is 27.9 Å². The van der Waals surface area contributed by atoms with Crippen LogP contribution in [0, 0.1) is 0 Å². The van der Waals surface area contributed by atoms with Gasteiger partial charge in [-0.1, -0.05) is 27.7 Å². The summed E-state index contributed by atoms with van der Waals surface area (Å²) in [5.74, 6) is 0. The van der Waals surface area contributed by atoms with Crippen LogP contribution < -0.4 is 0 Å². The van der Waals surface area contributed by atoms with Gasteiger partial charge in [-0.15, -0.1) is 0 Å². The van der Waals surface area contributed by atoms with Crippen LogP contribution in [0.25, 0.3) is 0 Å². The largest absolute Gasteiger partial charge is 0.377 e. The third-order valence-corrected chi connectivity index (χ3v) is 8.55. The molecule has 0 saturated heterocycles. The van der Waals surface area contributed by atoms with Gasteiger partial charge in [0, 0.05) is 13.3 Å². The Balaban J connectivity index is 3.03. The average Bonchev–Trinajstić information content (AvgIpc) is 2.85. The summed E-state index contributed by atoms with van der Waals surface area (Å²) in [6.07, 6.45) is 1.70. The van der Waals surface area contributed by atoms with Gasteiger partial charge in [0.1, 0.15) is 0 Å². The van der Waals surface area contributed by atoms with Gasteiger partial charge in [-0.2, -0.15) is 8.94 Å². The predicted molar refractivity (Wildman–Crippen MR) is 99.2 cm³/mol. The molecule has 2 unspecified atom stereocenters. The normalized spacial score (nSPS) is 14.5. The molecule has 0 spiro atoms. The average molecular weight is 381 g/mol. The smallest absolute Gasteiger partial charge is 0.268 e. The predicted octanol–water partition coefficient (Wildman–Crippen LogP) is 3.30. The quantitative estimate of drug-likeness (QED) is 0.616. The third kappa shape index (κ3) is 6.39. The molecule has 0 radical (unpaired) electrons. The van der Waals surface area contributed by atoms with E-state index in [1.807, 2.05) is 41.5 Å². The summed E-state index contributed by atoms with van der Waals surface area (Å²) in [5, 5.41) is 4.38. The fourth-order valence-corrected chi connectivity index (χ4v) is 8.11. The van der Waals surface area contributed by atoms with Crippen molar-refractivity contribution in [2.75, 3.05) is 7.11 Å². The van der Waals surface area contributed by atoms with Gasteiger partial charge < -0.3 is 4.74 Å². The molecule has 1 rings (SSSR count). The van der Waals surface area contributed by atoms with Crippen molar-refractivity contribution in [3.63, 3.8) is 0 Å². The van der Waals surface area contributed by atoms with Crippen molar-refractivity contribution in [2.24, 2.45) is 0 Å². The monoisotopic (exact) mass is 381 g/mol. The minimum atomic E-state index is -3.55. The summed E-state index contributed by atoms with van der Waals surface area (Å²) in [6, 6.07) is 1.57. The van der Waals surface area contributed by atoms with Crippen LogP contribution in [-0.4, -0.2) is 46.1 Å². The Bertz CT molecular complexity index is 590. The lowest BCUT2D eigenvalue weighted by Gasteiger charge is -2.24. The van der Waals surface area contributed by atoms with E-state index in [0.717, 1.165) is 0 Å². The maximum atomic E-state index is 12.9.